The van der Waals surface area contributed by atoms with Crippen molar-refractivity contribution in [1.29, 1.82) is 0 Å². The largest absolute Gasteiger partial charge is 0.354 e. The van der Waals surface area contributed by atoms with E-state index in [2.05, 4.69) is 31.9 Å². The number of carbonyl (C=O) groups excluding carboxylic acids is 5. The molecule has 0 radical (unpaired) electrons. The van der Waals surface area contributed by atoms with Crippen LogP contribution in [-0.2, 0) is 30.4 Å². The van der Waals surface area contributed by atoms with Gasteiger partial charge in [-0.25, -0.2) is 0 Å². The Hall–Kier alpha value is -2.99. The second-order valence-electron chi connectivity index (χ2n) is 14.8. The molecule has 0 bridgehead atoms. The Balaban J connectivity index is 3.25. The molecule has 0 heterocycles. The number of hydrogen-bond acceptors (Lipinski definition) is 6. The van der Waals surface area contributed by atoms with Gasteiger partial charge in [-0.2, -0.15) is 0 Å². The summed E-state index contributed by atoms with van der Waals surface area (Å²) in [5.41, 5.74) is 1.08. The smallest absolute Gasteiger partial charge is 0.246 e. The zero-order valence-corrected chi connectivity index (χ0v) is 33.8. The topological polar surface area (TPSA) is 131 Å². The van der Waals surface area contributed by atoms with Crippen LogP contribution in [0.25, 0.3) is 0 Å². The molecule has 0 aliphatic rings. The van der Waals surface area contributed by atoms with Crippen molar-refractivity contribution in [2.75, 3.05) is 34.7 Å². The molecule has 1 rings (SSSR count). The Morgan fingerprint density at radius 1 is 0.592 bits per heavy atom. The number of halogens is 1. The molecule has 0 aliphatic carbocycles. The third-order valence-electron chi connectivity index (χ3n) is 9.08. The first-order chi connectivity index (χ1) is 22.7. The number of rotatable bonds is 18. The minimum Gasteiger partial charge on any atom is -0.354 e. The fourth-order valence-electron chi connectivity index (χ4n) is 6.38. The summed E-state index contributed by atoms with van der Waals surface area (Å²) in [6.07, 6.45) is 0.644. The predicted octanol–water partition coefficient (Wildman–Crippen LogP) is 3.94. The number of hydrogen-bond donors (Lipinski definition) is 3. The Morgan fingerprint density at radius 3 is 1.39 bits per heavy atom. The molecule has 278 valence electrons. The van der Waals surface area contributed by atoms with Crippen LogP contribution in [0, 0.1) is 29.6 Å². The minimum atomic E-state index is -0.900. The Morgan fingerprint density at radius 2 is 1.00 bits per heavy atom. The summed E-state index contributed by atoms with van der Waals surface area (Å²) >= 11 is 3.43. The maximum absolute atomic E-state index is 14.3. The summed E-state index contributed by atoms with van der Waals surface area (Å²) in [7, 11) is 6.47. The molecular formula is C37H63BrN6O5. The zero-order valence-electron chi connectivity index (χ0n) is 32.3. The van der Waals surface area contributed by atoms with Gasteiger partial charge in [0, 0.05) is 32.2 Å². The van der Waals surface area contributed by atoms with Gasteiger partial charge >= 0.3 is 0 Å². The van der Waals surface area contributed by atoms with Gasteiger partial charge in [0.15, 0.2) is 0 Å². The molecule has 0 fully saturated rings. The van der Waals surface area contributed by atoms with Crippen molar-refractivity contribution in [3.63, 3.8) is 0 Å². The van der Waals surface area contributed by atoms with Crippen LogP contribution in [0.4, 0.5) is 0 Å². The molecule has 1 aromatic rings. The van der Waals surface area contributed by atoms with E-state index in [0.717, 1.165) is 10.0 Å². The summed E-state index contributed by atoms with van der Waals surface area (Å²) in [4.78, 5) is 73.2. The molecule has 3 N–H and O–H groups in total. The van der Waals surface area contributed by atoms with E-state index in [1.165, 1.54) is 14.7 Å². The highest BCUT2D eigenvalue weighted by atomic mass is 79.9. The second-order valence-corrected chi connectivity index (χ2v) is 15.7. The fourth-order valence-corrected chi connectivity index (χ4v) is 6.64. The highest BCUT2D eigenvalue weighted by Gasteiger charge is 2.42. The van der Waals surface area contributed by atoms with Crippen molar-refractivity contribution >= 4 is 45.5 Å². The maximum Gasteiger partial charge on any atom is 0.246 e. The van der Waals surface area contributed by atoms with E-state index in [1.54, 1.807) is 28.2 Å². The van der Waals surface area contributed by atoms with E-state index in [4.69, 9.17) is 0 Å². The highest BCUT2D eigenvalue weighted by molar-refractivity contribution is 9.10. The summed E-state index contributed by atoms with van der Waals surface area (Å²) in [6, 6.07) is 4.02. The van der Waals surface area contributed by atoms with Gasteiger partial charge in [0.05, 0.1) is 6.04 Å². The van der Waals surface area contributed by atoms with Gasteiger partial charge in [0.2, 0.25) is 29.5 Å². The van der Waals surface area contributed by atoms with Crippen molar-refractivity contribution < 1.29 is 24.0 Å². The zero-order chi connectivity index (χ0) is 37.9. The van der Waals surface area contributed by atoms with Crippen molar-refractivity contribution in [2.45, 2.75) is 106 Å². The molecule has 49 heavy (non-hydrogen) atoms. The Kier molecular flexibility index (Phi) is 18.0. The third-order valence-corrected chi connectivity index (χ3v) is 9.61. The molecular weight excluding hydrogens is 688 g/mol. The van der Waals surface area contributed by atoms with Crippen LogP contribution in [0.3, 0.4) is 0 Å². The first-order valence-electron chi connectivity index (χ1n) is 17.5. The monoisotopic (exact) mass is 750 g/mol. The molecule has 5 amide bonds. The molecule has 12 heteroatoms. The molecule has 11 nitrogen and oxygen atoms in total. The van der Waals surface area contributed by atoms with E-state index in [9.17, 15) is 24.0 Å². The minimum absolute atomic E-state index is 0.00595. The summed E-state index contributed by atoms with van der Waals surface area (Å²) in [5, 5.41) is 8.91. The van der Waals surface area contributed by atoms with Crippen molar-refractivity contribution in [3.8, 4) is 0 Å². The van der Waals surface area contributed by atoms with Gasteiger partial charge in [-0.05, 0) is 60.8 Å². The normalized spacial score (nSPS) is 14.8. The average Bonchev–Trinajstić information content (AvgIpc) is 2.99. The molecule has 0 aliphatic heterocycles. The van der Waals surface area contributed by atoms with Crippen LogP contribution in [0.15, 0.2) is 28.7 Å². The van der Waals surface area contributed by atoms with E-state index in [-0.39, 0.29) is 53.2 Å². The van der Waals surface area contributed by atoms with Gasteiger partial charge in [-0.15, -0.1) is 0 Å². The molecule has 0 unspecified atom stereocenters. The lowest BCUT2D eigenvalue weighted by Crippen LogP contribution is -2.62. The number of benzene rings is 1. The number of amides is 5. The van der Waals surface area contributed by atoms with E-state index in [1.807, 2.05) is 93.5 Å². The number of nitrogens with zero attached hydrogens (tertiary/aromatic N) is 3. The molecule has 5 atom stereocenters. The van der Waals surface area contributed by atoms with Crippen LogP contribution in [0.2, 0.25) is 0 Å². The Bertz CT molecular complexity index is 1250. The molecule has 0 saturated carbocycles. The highest BCUT2D eigenvalue weighted by Crippen LogP contribution is 2.22. The molecule has 0 aromatic heterocycles. The standard InChI is InChI=1S/C37H63BrN6O5/c1-21(2)28(39-11)33(45)41-29(22(3)4)35(47)43(13)31(24(7)8)37(49)44(14)32(25(9)10)36(48)42(12)30(23(5)6)34(46)40-20-19-26-15-17-27(38)18-16-26/h15-18,21-25,28-32,39H,19-20H2,1-14H3,(H,40,46)(H,41,45)/t28-,29-,30-,31-,32-/m0/s1. The molecule has 0 saturated heterocycles. The summed E-state index contributed by atoms with van der Waals surface area (Å²) < 4.78 is 0.981. The summed E-state index contributed by atoms with van der Waals surface area (Å²) in [5.74, 6) is -2.69. The third kappa shape index (κ3) is 12.1. The second kappa shape index (κ2) is 20.0. The van der Waals surface area contributed by atoms with Crippen LogP contribution < -0.4 is 16.0 Å². The van der Waals surface area contributed by atoms with E-state index in [0.29, 0.717) is 13.0 Å². The van der Waals surface area contributed by atoms with Crippen molar-refractivity contribution in [3.05, 3.63) is 34.3 Å². The van der Waals surface area contributed by atoms with Crippen LogP contribution >= 0.6 is 15.9 Å². The van der Waals surface area contributed by atoms with Gasteiger partial charge in [-0.1, -0.05) is 97.3 Å². The number of carbonyl (C=O) groups is 5. The maximum atomic E-state index is 14.3. The lowest BCUT2D eigenvalue weighted by atomic mass is 9.94. The Labute approximate surface area is 303 Å². The van der Waals surface area contributed by atoms with Crippen molar-refractivity contribution in [1.82, 2.24) is 30.7 Å². The van der Waals surface area contributed by atoms with E-state index >= 15 is 0 Å². The van der Waals surface area contributed by atoms with Crippen LogP contribution in [0.5, 0.6) is 0 Å². The van der Waals surface area contributed by atoms with Gasteiger partial charge < -0.3 is 30.7 Å². The van der Waals surface area contributed by atoms with Gasteiger partial charge in [0.25, 0.3) is 0 Å². The van der Waals surface area contributed by atoms with Gasteiger partial charge in [0.1, 0.15) is 24.2 Å². The summed E-state index contributed by atoms with van der Waals surface area (Å²) in [6.45, 7) is 19.2. The fraction of sp³-hybridized carbons (Fsp3) is 0.703. The number of likely N-dealkylation sites (N-methyl/N-ethyl adjacent to an activating group) is 4. The first kappa shape index (κ1) is 44.0. The molecule has 1 aromatic carbocycles. The van der Waals surface area contributed by atoms with E-state index < -0.39 is 36.1 Å². The SMILES string of the molecule is CN[C@H](C(=O)N[C@H](C(=O)N(C)[C@H](C(=O)N(C)[C@H](C(=O)N(C)[C@H](C(=O)NCCc1ccc(Br)cc1)C(C)C)C(C)C)C(C)C)C(C)C)C(C)C. The number of nitrogens with one attached hydrogen (secondary N) is 3. The molecule has 0 spiro atoms. The predicted molar refractivity (Wildman–Crippen MR) is 199 cm³/mol. The lowest BCUT2D eigenvalue weighted by Gasteiger charge is -2.41. The van der Waals surface area contributed by atoms with Crippen molar-refractivity contribution in [2.24, 2.45) is 29.6 Å². The lowest BCUT2D eigenvalue weighted by molar-refractivity contribution is -0.155. The average molecular weight is 752 g/mol. The first-order valence-corrected chi connectivity index (χ1v) is 18.3. The quantitative estimate of drug-likeness (QED) is 0.209. The van der Waals surface area contributed by atoms with Crippen LogP contribution in [0.1, 0.15) is 74.8 Å². The van der Waals surface area contributed by atoms with Crippen LogP contribution in [-0.4, -0.2) is 109 Å². The van der Waals surface area contributed by atoms with Gasteiger partial charge in [-0.3, -0.25) is 24.0 Å².